The van der Waals surface area contributed by atoms with Gasteiger partial charge in [0, 0.05) is 13.5 Å². The Morgan fingerprint density at radius 2 is 2.27 bits per heavy atom. The number of hydrogen-bond acceptors (Lipinski definition) is 3. The minimum absolute atomic E-state index is 0.110. The molecular weight excluding hydrogens is 192 g/mol. The summed E-state index contributed by atoms with van der Waals surface area (Å²) in [5.74, 6) is 2.32. The van der Waals surface area contributed by atoms with Crippen LogP contribution >= 0.6 is 0 Å². The first-order chi connectivity index (χ1) is 7.16. The third-order valence-electron chi connectivity index (χ3n) is 2.52. The van der Waals surface area contributed by atoms with Crippen molar-refractivity contribution in [2.45, 2.75) is 31.7 Å². The van der Waals surface area contributed by atoms with E-state index in [-0.39, 0.29) is 24.3 Å². The molecule has 4 heteroatoms. The van der Waals surface area contributed by atoms with Crippen LogP contribution in [0.1, 0.15) is 25.7 Å². The molecule has 2 amide bonds. The van der Waals surface area contributed by atoms with Crippen molar-refractivity contribution >= 4 is 11.8 Å². The van der Waals surface area contributed by atoms with Crippen molar-refractivity contribution in [2.75, 3.05) is 13.6 Å². The van der Waals surface area contributed by atoms with Crippen LogP contribution in [0.5, 0.6) is 0 Å². The summed E-state index contributed by atoms with van der Waals surface area (Å²) in [6.45, 7) is 0.735. The molecule has 15 heavy (non-hydrogen) atoms. The molecule has 0 spiro atoms. The summed E-state index contributed by atoms with van der Waals surface area (Å²) in [6, 6.07) is -0.326. The maximum absolute atomic E-state index is 11.4. The maximum Gasteiger partial charge on any atom is 0.246 e. The van der Waals surface area contributed by atoms with Crippen LogP contribution in [-0.2, 0) is 9.59 Å². The van der Waals surface area contributed by atoms with Crippen LogP contribution in [0, 0.1) is 12.3 Å². The number of amides is 2. The van der Waals surface area contributed by atoms with Gasteiger partial charge < -0.3 is 5.32 Å². The molecule has 0 aromatic rings. The number of carbonyl (C=O) groups excluding carboxylic acids is 2. The normalized spacial score (nSPS) is 20.8. The highest BCUT2D eigenvalue weighted by Crippen LogP contribution is 2.10. The Hall–Kier alpha value is -1.34. The molecule has 82 valence electrons. The zero-order chi connectivity index (χ0) is 11.3. The fourth-order valence-electron chi connectivity index (χ4n) is 1.54. The standard InChI is InChI=1S/C11H16N2O2/c1-3-4-5-6-7-12-9-8-10(14)13(2)11(9)15/h1,9,12H,4-8H2,2H3. The number of imide groups is 1. The molecule has 1 fully saturated rings. The fourth-order valence-corrected chi connectivity index (χ4v) is 1.54. The van der Waals surface area contributed by atoms with Gasteiger partial charge in [0.15, 0.2) is 0 Å². The van der Waals surface area contributed by atoms with Crippen LogP contribution in [0.2, 0.25) is 0 Å². The largest absolute Gasteiger partial charge is 0.305 e. The van der Waals surface area contributed by atoms with E-state index in [9.17, 15) is 9.59 Å². The smallest absolute Gasteiger partial charge is 0.246 e. The fraction of sp³-hybridized carbons (Fsp3) is 0.636. The second-order valence-corrected chi connectivity index (χ2v) is 3.66. The Bertz CT molecular complexity index is 293. The van der Waals surface area contributed by atoms with Crippen molar-refractivity contribution in [1.82, 2.24) is 10.2 Å². The summed E-state index contributed by atoms with van der Waals surface area (Å²) < 4.78 is 0. The summed E-state index contributed by atoms with van der Waals surface area (Å²) in [5.41, 5.74) is 0. The lowest BCUT2D eigenvalue weighted by atomic mass is 10.2. The number of nitrogens with one attached hydrogen (secondary N) is 1. The second-order valence-electron chi connectivity index (χ2n) is 3.66. The van der Waals surface area contributed by atoms with E-state index in [1.54, 1.807) is 0 Å². The third-order valence-corrected chi connectivity index (χ3v) is 2.52. The van der Waals surface area contributed by atoms with E-state index in [0.29, 0.717) is 0 Å². The molecular formula is C11H16N2O2. The van der Waals surface area contributed by atoms with Gasteiger partial charge in [0.05, 0.1) is 12.5 Å². The Kier molecular flexibility index (Phi) is 4.32. The van der Waals surface area contributed by atoms with Crippen molar-refractivity contribution in [3.05, 3.63) is 0 Å². The molecule has 1 N–H and O–H groups in total. The van der Waals surface area contributed by atoms with Crippen LogP contribution < -0.4 is 5.32 Å². The van der Waals surface area contributed by atoms with Gasteiger partial charge in [-0.15, -0.1) is 12.3 Å². The van der Waals surface area contributed by atoms with Gasteiger partial charge in [-0.1, -0.05) is 0 Å². The van der Waals surface area contributed by atoms with Gasteiger partial charge in [0.25, 0.3) is 0 Å². The van der Waals surface area contributed by atoms with Crippen LogP contribution in [0.25, 0.3) is 0 Å². The Morgan fingerprint density at radius 1 is 1.53 bits per heavy atom. The van der Waals surface area contributed by atoms with Crippen molar-refractivity contribution in [3.8, 4) is 12.3 Å². The Labute approximate surface area is 90.0 Å². The number of hydrogen-bond donors (Lipinski definition) is 1. The number of terminal acetylenes is 1. The van der Waals surface area contributed by atoms with Gasteiger partial charge in [-0.3, -0.25) is 14.5 Å². The van der Waals surface area contributed by atoms with E-state index >= 15 is 0 Å². The first kappa shape index (κ1) is 11.7. The van der Waals surface area contributed by atoms with Crippen LogP contribution in [0.15, 0.2) is 0 Å². The highest BCUT2D eigenvalue weighted by atomic mass is 16.2. The minimum atomic E-state index is -0.326. The predicted molar refractivity (Wildman–Crippen MR) is 56.9 cm³/mol. The van der Waals surface area contributed by atoms with E-state index in [0.717, 1.165) is 25.8 Å². The van der Waals surface area contributed by atoms with Gasteiger partial charge in [0.2, 0.25) is 11.8 Å². The van der Waals surface area contributed by atoms with Crippen molar-refractivity contribution in [1.29, 1.82) is 0 Å². The molecule has 0 bridgehead atoms. The first-order valence-electron chi connectivity index (χ1n) is 5.14. The molecule has 1 atom stereocenters. The molecule has 0 aromatic carbocycles. The number of carbonyl (C=O) groups is 2. The summed E-state index contributed by atoms with van der Waals surface area (Å²) in [7, 11) is 1.52. The van der Waals surface area contributed by atoms with Crippen LogP contribution in [-0.4, -0.2) is 36.3 Å². The van der Waals surface area contributed by atoms with Gasteiger partial charge in [-0.05, 0) is 19.4 Å². The molecule has 1 heterocycles. The first-order valence-corrected chi connectivity index (χ1v) is 5.14. The quantitative estimate of drug-likeness (QED) is 0.397. The molecule has 1 aliphatic heterocycles. The lowest BCUT2D eigenvalue weighted by molar-refractivity contribution is -0.137. The highest BCUT2D eigenvalue weighted by Gasteiger charge is 2.35. The highest BCUT2D eigenvalue weighted by molar-refractivity contribution is 6.05. The molecule has 4 nitrogen and oxygen atoms in total. The number of likely N-dealkylation sites (N-methyl/N-ethyl adjacent to an activating group) is 1. The lowest BCUT2D eigenvalue weighted by Crippen LogP contribution is -2.37. The summed E-state index contributed by atoms with van der Waals surface area (Å²) in [4.78, 5) is 23.8. The minimum Gasteiger partial charge on any atom is -0.305 e. The zero-order valence-corrected chi connectivity index (χ0v) is 8.95. The zero-order valence-electron chi connectivity index (χ0n) is 8.95. The van der Waals surface area contributed by atoms with E-state index in [1.807, 2.05) is 0 Å². The number of likely N-dealkylation sites (tertiary alicyclic amines) is 1. The SMILES string of the molecule is C#CCCCCNC1CC(=O)N(C)C1=O. The third kappa shape index (κ3) is 3.07. The summed E-state index contributed by atoms with van der Waals surface area (Å²) in [5, 5.41) is 3.07. The van der Waals surface area contributed by atoms with Crippen molar-refractivity contribution in [3.63, 3.8) is 0 Å². The second kappa shape index (κ2) is 5.52. The lowest BCUT2D eigenvalue weighted by Gasteiger charge is -2.10. The van der Waals surface area contributed by atoms with Gasteiger partial charge in [-0.25, -0.2) is 0 Å². The molecule has 0 aliphatic carbocycles. The monoisotopic (exact) mass is 208 g/mol. The van der Waals surface area contributed by atoms with E-state index < -0.39 is 0 Å². The van der Waals surface area contributed by atoms with E-state index in [2.05, 4.69) is 11.2 Å². The van der Waals surface area contributed by atoms with Crippen LogP contribution in [0.4, 0.5) is 0 Å². The van der Waals surface area contributed by atoms with Gasteiger partial charge >= 0.3 is 0 Å². The number of nitrogens with zero attached hydrogens (tertiary/aromatic N) is 1. The average Bonchev–Trinajstić information content (AvgIpc) is 2.46. The summed E-state index contributed by atoms with van der Waals surface area (Å²) >= 11 is 0. The molecule has 1 saturated heterocycles. The number of unbranched alkanes of at least 4 members (excludes halogenated alkanes) is 2. The molecule has 1 unspecified atom stereocenters. The Balaban J connectivity index is 2.21. The topological polar surface area (TPSA) is 49.4 Å². The van der Waals surface area contributed by atoms with Crippen molar-refractivity contribution in [2.24, 2.45) is 0 Å². The maximum atomic E-state index is 11.4. The molecule has 0 saturated carbocycles. The number of rotatable bonds is 5. The Morgan fingerprint density at radius 3 is 2.80 bits per heavy atom. The molecule has 1 rings (SSSR count). The molecule has 1 aliphatic rings. The van der Waals surface area contributed by atoms with Gasteiger partial charge in [0.1, 0.15) is 0 Å². The average molecular weight is 208 g/mol. The van der Waals surface area contributed by atoms with Crippen LogP contribution in [0.3, 0.4) is 0 Å². The van der Waals surface area contributed by atoms with Crippen molar-refractivity contribution < 1.29 is 9.59 Å². The predicted octanol–water partition coefficient (Wildman–Crippen LogP) is 0.137. The van der Waals surface area contributed by atoms with E-state index in [1.165, 1.54) is 11.9 Å². The molecule has 0 aromatic heterocycles. The molecule has 0 radical (unpaired) electrons. The van der Waals surface area contributed by atoms with E-state index in [4.69, 9.17) is 6.42 Å². The summed E-state index contributed by atoms with van der Waals surface area (Å²) in [6.07, 6.45) is 8.05. The van der Waals surface area contributed by atoms with Gasteiger partial charge in [-0.2, -0.15) is 0 Å².